The SMILES string of the molecule is CNC(=O)NC(=O)[C@H](C)OC(=O)Cn1c(CSC)nc2ccccc21. The first-order valence-electron chi connectivity index (χ1n) is 7.61. The van der Waals surface area contributed by atoms with Crippen molar-refractivity contribution in [1.82, 2.24) is 20.2 Å². The van der Waals surface area contributed by atoms with Crippen LogP contribution in [0.2, 0.25) is 0 Å². The first kappa shape index (κ1) is 18.8. The largest absolute Gasteiger partial charge is 0.451 e. The predicted molar refractivity (Wildman–Crippen MR) is 95.1 cm³/mol. The van der Waals surface area contributed by atoms with Gasteiger partial charge in [0.1, 0.15) is 12.4 Å². The van der Waals surface area contributed by atoms with Gasteiger partial charge in [0.05, 0.1) is 16.8 Å². The lowest BCUT2D eigenvalue weighted by Gasteiger charge is -2.14. The van der Waals surface area contributed by atoms with Gasteiger partial charge in [-0.3, -0.25) is 14.9 Å². The first-order chi connectivity index (χ1) is 12.0. The number of imide groups is 1. The Morgan fingerprint density at radius 3 is 2.72 bits per heavy atom. The topological polar surface area (TPSA) is 102 Å². The van der Waals surface area contributed by atoms with Crippen LogP contribution >= 0.6 is 11.8 Å². The van der Waals surface area contributed by atoms with Crippen molar-refractivity contribution in [3.8, 4) is 0 Å². The average Bonchev–Trinajstić information content (AvgIpc) is 2.92. The number of aromatic nitrogens is 2. The van der Waals surface area contributed by atoms with E-state index in [0.29, 0.717) is 5.75 Å². The second kappa shape index (κ2) is 8.52. The molecule has 0 aliphatic carbocycles. The molecule has 0 aliphatic rings. The number of hydrogen-bond acceptors (Lipinski definition) is 6. The molecule has 0 unspecified atom stereocenters. The van der Waals surface area contributed by atoms with E-state index in [1.165, 1.54) is 14.0 Å². The summed E-state index contributed by atoms with van der Waals surface area (Å²) in [6, 6.07) is 6.85. The molecule has 1 aromatic carbocycles. The molecule has 0 radical (unpaired) electrons. The number of amides is 3. The van der Waals surface area contributed by atoms with Gasteiger partial charge in [-0.25, -0.2) is 9.78 Å². The maximum atomic E-state index is 12.2. The fourth-order valence-corrected chi connectivity index (χ4v) is 2.71. The minimum atomic E-state index is -1.08. The van der Waals surface area contributed by atoms with E-state index < -0.39 is 24.0 Å². The fourth-order valence-electron chi connectivity index (χ4n) is 2.23. The van der Waals surface area contributed by atoms with Gasteiger partial charge in [0.25, 0.3) is 5.91 Å². The number of fused-ring (bicyclic) bond motifs is 1. The number of carbonyl (C=O) groups is 3. The summed E-state index contributed by atoms with van der Waals surface area (Å²) in [5.41, 5.74) is 1.62. The van der Waals surface area contributed by atoms with Gasteiger partial charge in [0, 0.05) is 7.05 Å². The van der Waals surface area contributed by atoms with Crippen molar-refractivity contribution in [2.24, 2.45) is 0 Å². The molecule has 0 saturated carbocycles. The van der Waals surface area contributed by atoms with Crippen LogP contribution in [-0.4, -0.2) is 46.9 Å². The van der Waals surface area contributed by atoms with Crippen LogP contribution < -0.4 is 10.6 Å². The van der Waals surface area contributed by atoms with E-state index in [2.05, 4.69) is 15.6 Å². The van der Waals surface area contributed by atoms with Gasteiger partial charge >= 0.3 is 12.0 Å². The molecule has 2 aromatic rings. The summed E-state index contributed by atoms with van der Waals surface area (Å²) in [5, 5.41) is 4.32. The monoisotopic (exact) mass is 364 g/mol. The molecule has 2 N–H and O–H groups in total. The Bertz CT molecular complexity index is 790. The average molecular weight is 364 g/mol. The molecule has 0 aliphatic heterocycles. The number of ether oxygens (including phenoxy) is 1. The number of benzene rings is 1. The smallest absolute Gasteiger partial charge is 0.326 e. The van der Waals surface area contributed by atoms with Gasteiger partial charge in [-0.2, -0.15) is 11.8 Å². The highest BCUT2D eigenvalue weighted by Crippen LogP contribution is 2.19. The van der Waals surface area contributed by atoms with Crippen molar-refractivity contribution in [3.05, 3.63) is 30.1 Å². The van der Waals surface area contributed by atoms with E-state index in [0.717, 1.165) is 16.9 Å². The summed E-state index contributed by atoms with van der Waals surface area (Å²) in [7, 11) is 1.39. The lowest BCUT2D eigenvalue weighted by molar-refractivity contribution is -0.155. The Morgan fingerprint density at radius 2 is 2.04 bits per heavy atom. The molecule has 3 amide bonds. The molecule has 0 bridgehead atoms. The van der Waals surface area contributed by atoms with Crippen molar-refractivity contribution in [2.75, 3.05) is 13.3 Å². The number of carbonyl (C=O) groups excluding carboxylic acids is 3. The van der Waals surface area contributed by atoms with Crippen LogP contribution in [0.25, 0.3) is 11.0 Å². The van der Waals surface area contributed by atoms with Gasteiger partial charge in [0.2, 0.25) is 0 Å². The van der Waals surface area contributed by atoms with E-state index in [1.807, 2.05) is 30.5 Å². The van der Waals surface area contributed by atoms with Crippen LogP contribution in [0, 0.1) is 0 Å². The molecular weight excluding hydrogens is 344 g/mol. The fraction of sp³-hybridized carbons (Fsp3) is 0.375. The number of para-hydroxylation sites is 2. The van der Waals surface area contributed by atoms with E-state index in [4.69, 9.17) is 4.74 Å². The highest BCUT2D eigenvalue weighted by molar-refractivity contribution is 7.97. The minimum absolute atomic E-state index is 0.0615. The summed E-state index contributed by atoms with van der Waals surface area (Å²) in [5.74, 6) is 0.139. The molecule has 1 aromatic heterocycles. The first-order valence-corrected chi connectivity index (χ1v) is 9.00. The van der Waals surface area contributed by atoms with Crippen molar-refractivity contribution in [1.29, 1.82) is 0 Å². The maximum absolute atomic E-state index is 12.2. The quantitative estimate of drug-likeness (QED) is 0.749. The van der Waals surface area contributed by atoms with E-state index in [1.54, 1.807) is 16.3 Å². The van der Waals surface area contributed by atoms with Crippen molar-refractivity contribution >= 4 is 40.7 Å². The molecule has 0 spiro atoms. The highest BCUT2D eigenvalue weighted by Gasteiger charge is 2.21. The van der Waals surface area contributed by atoms with Crippen LogP contribution in [0.5, 0.6) is 0 Å². The Kier molecular flexibility index (Phi) is 6.40. The third-order valence-electron chi connectivity index (χ3n) is 3.44. The molecular formula is C16H20N4O4S. The van der Waals surface area contributed by atoms with Gasteiger partial charge in [-0.15, -0.1) is 0 Å². The van der Waals surface area contributed by atoms with E-state index in [9.17, 15) is 14.4 Å². The number of nitrogens with one attached hydrogen (secondary N) is 2. The van der Waals surface area contributed by atoms with Gasteiger partial charge < -0.3 is 14.6 Å². The van der Waals surface area contributed by atoms with Crippen LogP contribution in [-0.2, 0) is 26.6 Å². The van der Waals surface area contributed by atoms with Crippen molar-refractivity contribution in [2.45, 2.75) is 25.3 Å². The summed E-state index contributed by atoms with van der Waals surface area (Å²) in [6.07, 6.45) is 0.872. The minimum Gasteiger partial charge on any atom is -0.451 e. The lowest BCUT2D eigenvalue weighted by Crippen LogP contribution is -2.43. The van der Waals surface area contributed by atoms with Crippen LogP contribution in [0.15, 0.2) is 24.3 Å². The summed E-state index contributed by atoms with van der Waals surface area (Å²) in [4.78, 5) is 39.6. The summed E-state index contributed by atoms with van der Waals surface area (Å²) >= 11 is 1.60. The highest BCUT2D eigenvalue weighted by atomic mass is 32.2. The van der Waals surface area contributed by atoms with Gasteiger partial charge in [-0.1, -0.05) is 12.1 Å². The zero-order valence-electron chi connectivity index (χ0n) is 14.2. The van der Waals surface area contributed by atoms with Gasteiger partial charge in [0.15, 0.2) is 6.10 Å². The maximum Gasteiger partial charge on any atom is 0.326 e. The molecule has 2 rings (SSSR count). The third kappa shape index (κ3) is 4.72. The van der Waals surface area contributed by atoms with Crippen molar-refractivity contribution in [3.63, 3.8) is 0 Å². The Balaban J connectivity index is 2.09. The Labute approximate surface area is 149 Å². The Hall–Kier alpha value is -2.55. The van der Waals surface area contributed by atoms with E-state index in [-0.39, 0.29) is 6.54 Å². The standard InChI is InChI=1S/C16H20N4O4S/c1-10(15(22)19-16(23)17-2)24-14(21)8-20-12-7-5-4-6-11(12)18-13(20)9-25-3/h4-7,10H,8-9H2,1-3H3,(H2,17,19,22,23)/t10-/m0/s1. The number of hydrogen-bond donors (Lipinski definition) is 2. The molecule has 25 heavy (non-hydrogen) atoms. The summed E-state index contributed by atoms with van der Waals surface area (Å²) in [6.45, 7) is 1.35. The molecule has 9 heteroatoms. The lowest BCUT2D eigenvalue weighted by atomic mass is 10.3. The van der Waals surface area contributed by atoms with Crippen LogP contribution in [0.4, 0.5) is 4.79 Å². The zero-order chi connectivity index (χ0) is 18.4. The number of imidazole rings is 1. The molecule has 0 fully saturated rings. The molecule has 134 valence electrons. The van der Waals surface area contributed by atoms with Crippen LogP contribution in [0.3, 0.4) is 0 Å². The van der Waals surface area contributed by atoms with E-state index >= 15 is 0 Å². The predicted octanol–water partition coefficient (Wildman–Crippen LogP) is 1.29. The molecule has 1 heterocycles. The molecule has 1 atom stereocenters. The second-order valence-corrected chi connectivity index (χ2v) is 6.10. The number of urea groups is 1. The number of thioether (sulfide) groups is 1. The van der Waals surface area contributed by atoms with Crippen molar-refractivity contribution < 1.29 is 19.1 Å². The Morgan fingerprint density at radius 1 is 1.32 bits per heavy atom. The molecule has 8 nitrogen and oxygen atoms in total. The second-order valence-electron chi connectivity index (χ2n) is 5.24. The zero-order valence-corrected chi connectivity index (χ0v) is 15.1. The molecule has 0 saturated heterocycles. The van der Waals surface area contributed by atoms with Gasteiger partial charge in [-0.05, 0) is 25.3 Å². The third-order valence-corrected chi connectivity index (χ3v) is 3.98. The number of esters is 1. The number of rotatable bonds is 6. The van der Waals surface area contributed by atoms with Crippen LogP contribution in [0.1, 0.15) is 12.7 Å². The normalized spacial score (nSPS) is 11.8. The number of nitrogens with zero attached hydrogens (tertiary/aromatic N) is 2. The summed E-state index contributed by atoms with van der Waals surface area (Å²) < 4.78 is 6.90.